The molecule has 0 aliphatic heterocycles. The first-order valence-corrected chi connectivity index (χ1v) is 10.4. The number of ether oxygens (including phenoxy) is 1. The number of benzene rings is 2. The third-order valence-electron chi connectivity index (χ3n) is 5.07. The summed E-state index contributed by atoms with van der Waals surface area (Å²) in [6.07, 6.45) is 3.00. The molecule has 0 fully saturated rings. The normalized spacial score (nSPS) is 12.1. The van der Waals surface area contributed by atoms with Crippen molar-refractivity contribution in [1.82, 2.24) is 20.1 Å². The predicted octanol–water partition coefficient (Wildman–Crippen LogP) is 4.06. The van der Waals surface area contributed by atoms with E-state index in [2.05, 4.69) is 41.4 Å². The summed E-state index contributed by atoms with van der Waals surface area (Å²) >= 11 is 0. The SMILES string of the molecule is CC(C)c1ccc([C@H](NC(=O)COC(=O)c2ccc(-n3cncn3)cc2)C(C)C)cc1. The average molecular weight is 421 g/mol. The van der Waals surface area contributed by atoms with E-state index >= 15 is 0 Å². The molecule has 7 nitrogen and oxygen atoms in total. The van der Waals surface area contributed by atoms with Crippen LogP contribution in [0.1, 0.15) is 61.1 Å². The van der Waals surface area contributed by atoms with Crippen LogP contribution in [0.5, 0.6) is 0 Å². The van der Waals surface area contributed by atoms with Crippen molar-refractivity contribution in [3.63, 3.8) is 0 Å². The number of carbonyl (C=O) groups is 2. The van der Waals surface area contributed by atoms with Crippen molar-refractivity contribution in [2.45, 2.75) is 39.7 Å². The second-order valence-corrected chi connectivity index (χ2v) is 8.07. The molecule has 0 aliphatic carbocycles. The number of hydrogen-bond acceptors (Lipinski definition) is 5. The number of aromatic nitrogens is 3. The Balaban J connectivity index is 1.56. The Bertz CT molecular complexity index is 994. The van der Waals surface area contributed by atoms with Gasteiger partial charge in [-0.3, -0.25) is 4.79 Å². The third-order valence-corrected chi connectivity index (χ3v) is 5.07. The molecule has 1 amide bonds. The van der Waals surface area contributed by atoms with E-state index in [1.54, 1.807) is 35.3 Å². The zero-order valence-electron chi connectivity index (χ0n) is 18.3. The van der Waals surface area contributed by atoms with Gasteiger partial charge in [0.1, 0.15) is 12.7 Å². The molecule has 0 spiro atoms. The largest absolute Gasteiger partial charge is 0.452 e. The lowest BCUT2D eigenvalue weighted by atomic mass is 9.93. The molecular formula is C24H28N4O3. The first kappa shape index (κ1) is 22.2. The number of nitrogens with one attached hydrogen (secondary N) is 1. The van der Waals surface area contributed by atoms with Gasteiger partial charge in [0.25, 0.3) is 5.91 Å². The molecule has 0 aliphatic rings. The molecule has 1 atom stereocenters. The van der Waals surface area contributed by atoms with Crippen molar-refractivity contribution in [2.24, 2.45) is 5.92 Å². The van der Waals surface area contributed by atoms with Gasteiger partial charge >= 0.3 is 5.97 Å². The highest BCUT2D eigenvalue weighted by atomic mass is 16.5. The van der Waals surface area contributed by atoms with Crippen LogP contribution in [0.4, 0.5) is 0 Å². The molecule has 1 heterocycles. The van der Waals surface area contributed by atoms with E-state index < -0.39 is 5.97 Å². The maximum absolute atomic E-state index is 12.4. The fourth-order valence-corrected chi connectivity index (χ4v) is 3.24. The summed E-state index contributed by atoms with van der Waals surface area (Å²) in [5.74, 6) is -0.249. The van der Waals surface area contributed by atoms with Crippen LogP contribution >= 0.6 is 0 Å². The minimum atomic E-state index is -0.553. The average Bonchev–Trinajstić information content (AvgIpc) is 3.31. The van der Waals surface area contributed by atoms with Gasteiger partial charge in [0.2, 0.25) is 0 Å². The number of hydrogen-bond donors (Lipinski definition) is 1. The van der Waals surface area contributed by atoms with E-state index in [0.29, 0.717) is 11.5 Å². The van der Waals surface area contributed by atoms with Crippen molar-refractivity contribution < 1.29 is 14.3 Å². The lowest BCUT2D eigenvalue weighted by molar-refractivity contribution is -0.125. The van der Waals surface area contributed by atoms with Crippen molar-refractivity contribution in [3.8, 4) is 5.69 Å². The Kier molecular flexibility index (Phi) is 7.18. The molecule has 0 saturated heterocycles. The summed E-state index contributed by atoms with van der Waals surface area (Å²) in [6, 6.07) is 14.8. The number of nitrogens with zero attached hydrogens (tertiary/aromatic N) is 3. The van der Waals surface area contributed by atoms with Gasteiger partial charge in [0, 0.05) is 0 Å². The fraction of sp³-hybridized carbons (Fsp3) is 0.333. The van der Waals surface area contributed by atoms with Crippen LogP contribution in [0, 0.1) is 5.92 Å². The van der Waals surface area contributed by atoms with Crippen LogP contribution in [0.25, 0.3) is 5.69 Å². The lowest BCUT2D eigenvalue weighted by Crippen LogP contribution is -2.35. The minimum absolute atomic E-state index is 0.158. The summed E-state index contributed by atoms with van der Waals surface area (Å²) < 4.78 is 6.79. The molecule has 162 valence electrons. The summed E-state index contributed by atoms with van der Waals surface area (Å²) in [6.45, 7) is 8.05. The number of rotatable bonds is 8. The Labute approximate surface area is 182 Å². The summed E-state index contributed by atoms with van der Waals surface area (Å²) in [5, 5.41) is 7.02. The van der Waals surface area contributed by atoms with Gasteiger partial charge in [-0.15, -0.1) is 0 Å². The van der Waals surface area contributed by atoms with Crippen molar-refractivity contribution >= 4 is 11.9 Å². The van der Waals surface area contributed by atoms with E-state index in [9.17, 15) is 9.59 Å². The van der Waals surface area contributed by atoms with Crippen LogP contribution in [0.2, 0.25) is 0 Å². The lowest BCUT2D eigenvalue weighted by Gasteiger charge is -2.23. The summed E-state index contributed by atoms with van der Waals surface area (Å²) in [5.41, 5.74) is 3.42. The zero-order valence-corrected chi connectivity index (χ0v) is 18.3. The molecule has 7 heteroatoms. The minimum Gasteiger partial charge on any atom is -0.452 e. The van der Waals surface area contributed by atoms with E-state index in [0.717, 1.165) is 11.3 Å². The maximum Gasteiger partial charge on any atom is 0.338 e. The van der Waals surface area contributed by atoms with Gasteiger partial charge in [-0.1, -0.05) is 52.0 Å². The molecule has 0 unspecified atom stereocenters. The van der Waals surface area contributed by atoms with Gasteiger partial charge in [0.15, 0.2) is 6.61 Å². The second-order valence-electron chi connectivity index (χ2n) is 8.07. The van der Waals surface area contributed by atoms with Gasteiger partial charge in [-0.2, -0.15) is 5.10 Å². The van der Waals surface area contributed by atoms with Crippen LogP contribution in [-0.4, -0.2) is 33.2 Å². The molecule has 31 heavy (non-hydrogen) atoms. The molecule has 0 radical (unpaired) electrons. The predicted molar refractivity (Wildman–Crippen MR) is 118 cm³/mol. The van der Waals surface area contributed by atoms with E-state index in [-0.39, 0.29) is 24.5 Å². The van der Waals surface area contributed by atoms with Crippen LogP contribution in [0.15, 0.2) is 61.2 Å². The van der Waals surface area contributed by atoms with Crippen molar-refractivity contribution in [2.75, 3.05) is 6.61 Å². The molecule has 0 saturated carbocycles. The topological polar surface area (TPSA) is 86.1 Å². The molecule has 3 rings (SSSR count). The Morgan fingerprint density at radius 1 is 0.968 bits per heavy atom. The number of amides is 1. The van der Waals surface area contributed by atoms with Crippen LogP contribution in [-0.2, 0) is 9.53 Å². The summed E-state index contributed by atoms with van der Waals surface area (Å²) in [4.78, 5) is 28.6. The smallest absolute Gasteiger partial charge is 0.338 e. The van der Waals surface area contributed by atoms with Gasteiger partial charge < -0.3 is 10.1 Å². The van der Waals surface area contributed by atoms with Crippen LogP contribution < -0.4 is 5.32 Å². The Hall–Kier alpha value is -3.48. The number of carbonyl (C=O) groups excluding carboxylic acids is 2. The van der Waals surface area contributed by atoms with Gasteiger partial charge in [-0.05, 0) is 47.2 Å². The first-order valence-electron chi connectivity index (χ1n) is 10.4. The molecule has 2 aromatic carbocycles. The van der Waals surface area contributed by atoms with Crippen molar-refractivity contribution in [3.05, 3.63) is 77.9 Å². The highest BCUT2D eigenvalue weighted by molar-refractivity contribution is 5.91. The summed E-state index contributed by atoms with van der Waals surface area (Å²) in [7, 11) is 0. The van der Waals surface area contributed by atoms with Crippen molar-refractivity contribution in [1.29, 1.82) is 0 Å². The Morgan fingerprint density at radius 2 is 1.61 bits per heavy atom. The maximum atomic E-state index is 12.4. The van der Waals surface area contributed by atoms with E-state index in [1.165, 1.54) is 11.9 Å². The number of esters is 1. The molecule has 3 aromatic rings. The highest BCUT2D eigenvalue weighted by Crippen LogP contribution is 2.24. The molecule has 0 bridgehead atoms. The first-order chi connectivity index (χ1) is 14.8. The molecule has 1 aromatic heterocycles. The molecule has 1 N–H and O–H groups in total. The molecular weight excluding hydrogens is 392 g/mol. The second kappa shape index (κ2) is 10.0. The standard InChI is InChI=1S/C24H28N4O3/c1-16(2)18-5-7-19(8-6-18)23(17(3)4)27-22(29)13-31-24(30)20-9-11-21(12-10-20)28-15-25-14-26-28/h5-12,14-17,23H,13H2,1-4H3,(H,27,29)/t23-/m1/s1. The fourth-order valence-electron chi connectivity index (χ4n) is 3.24. The Morgan fingerprint density at radius 3 is 2.16 bits per heavy atom. The highest BCUT2D eigenvalue weighted by Gasteiger charge is 2.20. The van der Waals surface area contributed by atoms with E-state index in [1.807, 2.05) is 26.0 Å². The third kappa shape index (κ3) is 5.78. The quantitative estimate of drug-likeness (QED) is 0.556. The van der Waals surface area contributed by atoms with Gasteiger partial charge in [0.05, 0.1) is 17.3 Å². The monoisotopic (exact) mass is 420 g/mol. The van der Waals surface area contributed by atoms with Crippen LogP contribution in [0.3, 0.4) is 0 Å². The van der Waals surface area contributed by atoms with E-state index in [4.69, 9.17) is 4.74 Å². The zero-order chi connectivity index (χ0) is 22.4. The van der Waals surface area contributed by atoms with Gasteiger partial charge in [-0.25, -0.2) is 14.5 Å².